The van der Waals surface area contributed by atoms with Crippen molar-refractivity contribution in [1.82, 2.24) is 4.90 Å². The van der Waals surface area contributed by atoms with Crippen LogP contribution in [-0.4, -0.2) is 43.8 Å². The number of hydrogen-bond acceptors (Lipinski definition) is 4. The predicted molar refractivity (Wildman–Crippen MR) is 62.5 cm³/mol. The topological polar surface area (TPSA) is 55.8 Å². The van der Waals surface area contributed by atoms with Crippen molar-refractivity contribution in [2.45, 2.75) is 38.6 Å². The van der Waals surface area contributed by atoms with Crippen LogP contribution in [-0.2, 0) is 14.3 Å². The number of methoxy groups -OCH3 is 1. The van der Waals surface area contributed by atoms with E-state index < -0.39 is 0 Å². The molecule has 0 spiro atoms. The van der Waals surface area contributed by atoms with Crippen molar-refractivity contribution in [3.05, 3.63) is 0 Å². The smallest absolute Gasteiger partial charge is 0.409 e. The molecule has 1 aliphatic rings. The molecule has 0 aromatic heterocycles. The Hall–Kier alpha value is -1.26. The summed E-state index contributed by atoms with van der Waals surface area (Å²) in [6.07, 6.45) is 2.93. The van der Waals surface area contributed by atoms with Gasteiger partial charge in [-0.05, 0) is 32.6 Å². The molecular formula is C12H21NO4. The number of rotatable bonds is 3. The molecule has 0 aromatic carbocycles. The molecule has 5 heteroatoms. The van der Waals surface area contributed by atoms with Crippen LogP contribution in [0.5, 0.6) is 0 Å². The van der Waals surface area contributed by atoms with Crippen molar-refractivity contribution < 1.29 is 19.1 Å². The fraction of sp³-hybridized carbons (Fsp3) is 0.833. The number of carbonyl (C=O) groups excluding carboxylic acids is 2. The van der Waals surface area contributed by atoms with Crippen LogP contribution in [0.3, 0.4) is 0 Å². The van der Waals surface area contributed by atoms with E-state index in [1.807, 2.05) is 0 Å². The summed E-state index contributed by atoms with van der Waals surface area (Å²) < 4.78 is 9.67. The number of amides is 1. The predicted octanol–water partition coefficient (Wildman–Crippen LogP) is 1.81. The lowest BCUT2D eigenvalue weighted by Crippen LogP contribution is -2.40. The van der Waals surface area contributed by atoms with Crippen molar-refractivity contribution in [3.63, 3.8) is 0 Å². The highest BCUT2D eigenvalue weighted by Crippen LogP contribution is 2.28. The van der Waals surface area contributed by atoms with Gasteiger partial charge in [0.25, 0.3) is 0 Å². The second-order valence-electron chi connectivity index (χ2n) is 4.34. The van der Waals surface area contributed by atoms with Gasteiger partial charge in [-0.3, -0.25) is 4.79 Å². The van der Waals surface area contributed by atoms with Crippen molar-refractivity contribution in [3.8, 4) is 0 Å². The van der Waals surface area contributed by atoms with E-state index in [-0.39, 0.29) is 24.0 Å². The third-order valence-corrected chi connectivity index (χ3v) is 3.33. The molecule has 0 aromatic rings. The maximum atomic E-state index is 11.5. The first-order valence-corrected chi connectivity index (χ1v) is 6.07. The molecule has 0 bridgehead atoms. The van der Waals surface area contributed by atoms with Gasteiger partial charge in [-0.15, -0.1) is 0 Å². The van der Waals surface area contributed by atoms with Gasteiger partial charge in [0.05, 0.1) is 19.6 Å². The Morgan fingerprint density at radius 3 is 2.29 bits per heavy atom. The molecule has 0 unspecified atom stereocenters. The lowest BCUT2D eigenvalue weighted by Gasteiger charge is -2.33. The molecular weight excluding hydrogens is 222 g/mol. The zero-order valence-electron chi connectivity index (χ0n) is 10.8. The Morgan fingerprint density at radius 2 is 1.82 bits per heavy atom. The number of ether oxygens (including phenoxy) is 2. The summed E-state index contributed by atoms with van der Waals surface area (Å²) in [5, 5.41) is 0. The fourth-order valence-corrected chi connectivity index (χ4v) is 2.24. The standard InChI is InChI=1S/C12H21NO4/c1-4-17-12(15)13(2)10-7-5-9(6-8-10)11(14)16-3/h9-10H,4-8H2,1-3H3. The molecule has 5 nitrogen and oxygen atoms in total. The van der Waals surface area contributed by atoms with E-state index in [1.165, 1.54) is 7.11 Å². The average Bonchev–Trinajstić information content (AvgIpc) is 2.37. The first-order valence-electron chi connectivity index (χ1n) is 6.07. The van der Waals surface area contributed by atoms with Gasteiger partial charge in [-0.1, -0.05) is 0 Å². The van der Waals surface area contributed by atoms with E-state index in [4.69, 9.17) is 9.47 Å². The quantitative estimate of drug-likeness (QED) is 0.709. The molecule has 17 heavy (non-hydrogen) atoms. The van der Waals surface area contributed by atoms with Gasteiger partial charge in [-0.25, -0.2) is 4.79 Å². The SMILES string of the molecule is CCOC(=O)N(C)C1CCC(C(=O)OC)CC1. The van der Waals surface area contributed by atoms with Crippen LogP contribution >= 0.6 is 0 Å². The minimum Gasteiger partial charge on any atom is -0.469 e. The van der Waals surface area contributed by atoms with E-state index in [0.717, 1.165) is 25.7 Å². The molecule has 1 amide bonds. The largest absolute Gasteiger partial charge is 0.469 e. The molecule has 0 N–H and O–H groups in total. The normalized spacial score (nSPS) is 23.9. The van der Waals surface area contributed by atoms with Gasteiger partial charge < -0.3 is 14.4 Å². The van der Waals surface area contributed by atoms with Crippen LogP contribution in [0, 0.1) is 5.92 Å². The Labute approximate surface area is 102 Å². The zero-order chi connectivity index (χ0) is 12.8. The van der Waals surface area contributed by atoms with E-state index in [2.05, 4.69) is 0 Å². The first-order chi connectivity index (χ1) is 8.10. The molecule has 1 rings (SSSR count). The van der Waals surface area contributed by atoms with Crippen LogP contribution in [0.2, 0.25) is 0 Å². The van der Waals surface area contributed by atoms with Gasteiger partial charge in [0.2, 0.25) is 0 Å². The van der Waals surface area contributed by atoms with E-state index in [1.54, 1.807) is 18.9 Å². The maximum absolute atomic E-state index is 11.5. The van der Waals surface area contributed by atoms with Crippen LogP contribution in [0.4, 0.5) is 4.79 Å². The summed E-state index contributed by atoms with van der Waals surface area (Å²) in [6.45, 7) is 2.18. The second kappa shape index (κ2) is 6.47. The number of esters is 1. The molecule has 1 aliphatic carbocycles. The van der Waals surface area contributed by atoms with E-state index in [9.17, 15) is 9.59 Å². The molecule has 0 radical (unpaired) electrons. The minimum atomic E-state index is -0.283. The summed E-state index contributed by atoms with van der Waals surface area (Å²) in [4.78, 5) is 24.5. The van der Waals surface area contributed by atoms with E-state index in [0.29, 0.717) is 6.61 Å². The summed E-state index contributed by atoms with van der Waals surface area (Å²) >= 11 is 0. The Balaban J connectivity index is 2.41. The van der Waals surface area contributed by atoms with Crippen molar-refractivity contribution in [2.24, 2.45) is 5.92 Å². The van der Waals surface area contributed by atoms with Crippen LogP contribution < -0.4 is 0 Å². The van der Waals surface area contributed by atoms with Gasteiger partial charge in [0, 0.05) is 13.1 Å². The molecule has 0 atom stereocenters. The summed E-state index contributed by atoms with van der Waals surface area (Å²) in [7, 11) is 3.17. The lowest BCUT2D eigenvalue weighted by atomic mass is 9.85. The first kappa shape index (κ1) is 13.8. The highest BCUT2D eigenvalue weighted by atomic mass is 16.6. The Bertz CT molecular complexity index is 272. The molecule has 0 saturated heterocycles. The monoisotopic (exact) mass is 243 g/mol. The number of carbonyl (C=O) groups is 2. The van der Waals surface area contributed by atoms with Crippen LogP contribution in [0.1, 0.15) is 32.6 Å². The fourth-order valence-electron chi connectivity index (χ4n) is 2.24. The molecule has 1 saturated carbocycles. The summed E-state index contributed by atoms with van der Waals surface area (Å²) in [5.74, 6) is -0.144. The summed E-state index contributed by atoms with van der Waals surface area (Å²) in [5.41, 5.74) is 0. The van der Waals surface area contributed by atoms with Gasteiger partial charge in [0.1, 0.15) is 0 Å². The van der Waals surface area contributed by atoms with Crippen LogP contribution in [0.25, 0.3) is 0 Å². The molecule has 0 aliphatic heterocycles. The maximum Gasteiger partial charge on any atom is 0.409 e. The third-order valence-electron chi connectivity index (χ3n) is 3.33. The highest BCUT2D eigenvalue weighted by molar-refractivity contribution is 5.72. The van der Waals surface area contributed by atoms with Gasteiger partial charge in [-0.2, -0.15) is 0 Å². The summed E-state index contributed by atoms with van der Waals surface area (Å²) in [6, 6.07) is 0.176. The molecule has 1 fully saturated rings. The minimum absolute atomic E-state index is 0.00755. The Kier molecular flexibility index (Phi) is 5.25. The van der Waals surface area contributed by atoms with Crippen LogP contribution in [0.15, 0.2) is 0 Å². The van der Waals surface area contributed by atoms with E-state index >= 15 is 0 Å². The number of hydrogen-bond donors (Lipinski definition) is 0. The molecule has 98 valence electrons. The van der Waals surface area contributed by atoms with Crippen molar-refractivity contribution in [1.29, 1.82) is 0 Å². The zero-order valence-corrected chi connectivity index (χ0v) is 10.8. The van der Waals surface area contributed by atoms with Gasteiger partial charge in [0.15, 0.2) is 0 Å². The van der Waals surface area contributed by atoms with Gasteiger partial charge >= 0.3 is 12.1 Å². The molecule has 0 heterocycles. The highest BCUT2D eigenvalue weighted by Gasteiger charge is 2.30. The Morgan fingerprint density at radius 1 is 1.24 bits per heavy atom. The lowest BCUT2D eigenvalue weighted by molar-refractivity contribution is -0.146. The second-order valence-corrected chi connectivity index (χ2v) is 4.34. The average molecular weight is 243 g/mol. The number of nitrogens with zero attached hydrogens (tertiary/aromatic N) is 1. The third kappa shape index (κ3) is 3.61. The van der Waals surface area contributed by atoms with Crippen molar-refractivity contribution >= 4 is 12.1 Å². The van der Waals surface area contributed by atoms with Crippen molar-refractivity contribution in [2.75, 3.05) is 20.8 Å².